The maximum absolute atomic E-state index is 11.8. The summed E-state index contributed by atoms with van der Waals surface area (Å²) in [7, 11) is 0. The zero-order valence-electron chi connectivity index (χ0n) is 11.3. The van der Waals surface area contributed by atoms with Crippen LogP contribution >= 0.6 is 11.8 Å². The van der Waals surface area contributed by atoms with E-state index in [9.17, 15) is 10.1 Å². The third-order valence-corrected chi connectivity index (χ3v) is 4.39. The molecule has 1 fully saturated rings. The fourth-order valence-electron chi connectivity index (χ4n) is 2.04. The van der Waals surface area contributed by atoms with Crippen molar-refractivity contribution in [3.05, 3.63) is 35.9 Å². The summed E-state index contributed by atoms with van der Waals surface area (Å²) in [6, 6.07) is 12.1. The molecule has 1 aromatic carbocycles. The fourth-order valence-corrected chi connectivity index (χ4v) is 3.30. The monoisotopic (exact) mass is 290 g/mol. The molecule has 1 atom stereocenters. The van der Waals surface area contributed by atoms with Crippen LogP contribution in [0, 0.1) is 11.3 Å². The second-order valence-corrected chi connectivity index (χ2v) is 5.94. The second-order valence-electron chi connectivity index (χ2n) is 4.83. The molecule has 1 aliphatic rings. The minimum absolute atomic E-state index is 0.109. The largest absolute Gasteiger partial charge is 0.376 e. The van der Waals surface area contributed by atoms with Crippen LogP contribution in [0.1, 0.15) is 18.4 Å². The zero-order valence-corrected chi connectivity index (χ0v) is 12.1. The fraction of sp³-hybridized carbons (Fsp3) is 0.467. The predicted molar refractivity (Wildman–Crippen MR) is 79.1 cm³/mol. The number of amides is 1. The van der Waals surface area contributed by atoms with E-state index in [1.807, 2.05) is 30.3 Å². The number of nitriles is 1. The number of carbonyl (C=O) groups excluding carboxylic acids is 1. The SMILES string of the molecule is N#CC1(NC(=O)CCOCc2ccccc2)CCSC1. The third-order valence-electron chi connectivity index (χ3n) is 3.20. The molecule has 106 valence electrons. The normalized spacial score (nSPS) is 21.4. The minimum atomic E-state index is -0.665. The van der Waals surface area contributed by atoms with Gasteiger partial charge in [-0.25, -0.2) is 0 Å². The summed E-state index contributed by atoms with van der Waals surface area (Å²) in [5, 5.41) is 12.0. The van der Waals surface area contributed by atoms with Crippen LogP contribution in [0.5, 0.6) is 0 Å². The molecular weight excluding hydrogens is 272 g/mol. The first kappa shape index (κ1) is 14.9. The molecule has 1 unspecified atom stereocenters. The molecule has 20 heavy (non-hydrogen) atoms. The van der Waals surface area contributed by atoms with Crippen molar-refractivity contribution in [3.8, 4) is 6.07 Å². The number of thioether (sulfide) groups is 1. The Bertz CT molecular complexity index is 478. The summed E-state index contributed by atoms with van der Waals surface area (Å²) in [5.74, 6) is 1.50. The van der Waals surface area contributed by atoms with Gasteiger partial charge in [0, 0.05) is 5.75 Å². The van der Waals surface area contributed by atoms with E-state index in [0.717, 1.165) is 17.7 Å². The van der Waals surface area contributed by atoms with Crippen molar-refractivity contribution < 1.29 is 9.53 Å². The lowest BCUT2D eigenvalue weighted by Crippen LogP contribution is -2.47. The lowest BCUT2D eigenvalue weighted by molar-refractivity contribution is -0.123. The van der Waals surface area contributed by atoms with Crippen LogP contribution in [0.2, 0.25) is 0 Å². The van der Waals surface area contributed by atoms with Crippen LogP contribution in [0.4, 0.5) is 0 Å². The highest BCUT2D eigenvalue weighted by molar-refractivity contribution is 7.99. The minimum Gasteiger partial charge on any atom is -0.376 e. The Hall–Kier alpha value is -1.51. The topological polar surface area (TPSA) is 62.1 Å². The third kappa shape index (κ3) is 4.26. The molecule has 4 nitrogen and oxygen atoms in total. The first-order valence-corrected chi connectivity index (χ1v) is 7.81. The highest BCUT2D eigenvalue weighted by Gasteiger charge is 2.35. The van der Waals surface area contributed by atoms with Gasteiger partial charge in [-0.2, -0.15) is 17.0 Å². The number of carbonyl (C=O) groups is 1. The maximum Gasteiger partial charge on any atom is 0.223 e. The Morgan fingerprint density at radius 2 is 2.25 bits per heavy atom. The summed E-state index contributed by atoms with van der Waals surface area (Å²) in [6.07, 6.45) is 1.02. The average Bonchev–Trinajstić information content (AvgIpc) is 2.94. The van der Waals surface area contributed by atoms with Crippen molar-refractivity contribution in [3.63, 3.8) is 0 Å². The van der Waals surface area contributed by atoms with E-state index >= 15 is 0 Å². The molecular formula is C15H18N2O2S. The number of ether oxygens (including phenoxy) is 1. The highest BCUT2D eigenvalue weighted by Crippen LogP contribution is 2.27. The van der Waals surface area contributed by atoms with Crippen LogP contribution in [0.15, 0.2) is 30.3 Å². The Kier molecular flexibility index (Phi) is 5.45. The number of nitrogens with one attached hydrogen (secondary N) is 1. The van der Waals surface area contributed by atoms with Crippen molar-refractivity contribution in [2.75, 3.05) is 18.1 Å². The molecule has 0 bridgehead atoms. The number of nitrogens with zero attached hydrogens (tertiary/aromatic N) is 1. The van der Waals surface area contributed by atoms with E-state index in [0.29, 0.717) is 25.4 Å². The summed E-state index contributed by atoms with van der Waals surface area (Å²) < 4.78 is 5.47. The van der Waals surface area contributed by atoms with E-state index < -0.39 is 5.54 Å². The van der Waals surface area contributed by atoms with Crippen LogP contribution in [-0.4, -0.2) is 29.6 Å². The van der Waals surface area contributed by atoms with Crippen molar-refractivity contribution in [1.82, 2.24) is 5.32 Å². The number of benzene rings is 1. The molecule has 1 amide bonds. The Balaban J connectivity index is 1.67. The smallest absolute Gasteiger partial charge is 0.223 e. The molecule has 1 N–H and O–H groups in total. The van der Waals surface area contributed by atoms with Gasteiger partial charge in [0.2, 0.25) is 5.91 Å². The molecule has 1 heterocycles. The van der Waals surface area contributed by atoms with Gasteiger partial charge in [0.1, 0.15) is 5.54 Å². The van der Waals surface area contributed by atoms with E-state index in [-0.39, 0.29) is 5.91 Å². The Morgan fingerprint density at radius 3 is 2.90 bits per heavy atom. The van der Waals surface area contributed by atoms with Crippen molar-refractivity contribution >= 4 is 17.7 Å². The lowest BCUT2D eigenvalue weighted by atomic mass is 10.0. The Labute approximate surface area is 123 Å². The molecule has 0 aromatic heterocycles. The van der Waals surface area contributed by atoms with Gasteiger partial charge >= 0.3 is 0 Å². The number of hydrogen-bond donors (Lipinski definition) is 1. The maximum atomic E-state index is 11.8. The summed E-state index contributed by atoms with van der Waals surface area (Å²) in [4.78, 5) is 11.8. The molecule has 0 radical (unpaired) electrons. The molecule has 1 aromatic rings. The van der Waals surface area contributed by atoms with Gasteiger partial charge < -0.3 is 10.1 Å². The van der Waals surface area contributed by atoms with Crippen LogP contribution in [0.3, 0.4) is 0 Å². The standard InChI is InChI=1S/C15H18N2O2S/c16-11-15(7-9-20-12-15)17-14(18)6-8-19-10-13-4-2-1-3-5-13/h1-5H,6-10,12H2,(H,17,18). The van der Waals surface area contributed by atoms with Crippen LogP contribution < -0.4 is 5.32 Å². The van der Waals surface area contributed by atoms with Crippen molar-refractivity contribution in [2.24, 2.45) is 0 Å². The van der Waals surface area contributed by atoms with Gasteiger partial charge in [-0.15, -0.1) is 0 Å². The van der Waals surface area contributed by atoms with Gasteiger partial charge in [-0.3, -0.25) is 4.79 Å². The van der Waals surface area contributed by atoms with Crippen molar-refractivity contribution in [1.29, 1.82) is 5.26 Å². The quantitative estimate of drug-likeness (QED) is 0.815. The van der Waals surface area contributed by atoms with Gasteiger partial charge in [-0.1, -0.05) is 30.3 Å². The first-order chi connectivity index (χ1) is 9.74. The van der Waals surface area contributed by atoms with Gasteiger partial charge in [0.15, 0.2) is 0 Å². The molecule has 1 aliphatic heterocycles. The number of rotatable bonds is 6. The van der Waals surface area contributed by atoms with Crippen LogP contribution in [0.25, 0.3) is 0 Å². The second kappa shape index (κ2) is 7.32. The molecule has 0 saturated carbocycles. The van der Waals surface area contributed by atoms with E-state index in [2.05, 4.69) is 11.4 Å². The zero-order chi connectivity index (χ0) is 14.3. The van der Waals surface area contributed by atoms with E-state index in [4.69, 9.17) is 4.74 Å². The molecule has 1 saturated heterocycles. The summed E-state index contributed by atoms with van der Waals surface area (Å²) >= 11 is 1.70. The van der Waals surface area contributed by atoms with Gasteiger partial charge in [0.25, 0.3) is 0 Å². The molecule has 0 aliphatic carbocycles. The van der Waals surface area contributed by atoms with E-state index in [1.54, 1.807) is 11.8 Å². The van der Waals surface area contributed by atoms with Gasteiger partial charge in [-0.05, 0) is 17.7 Å². The van der Waals surface area contributed by atoms with Crippen LogP contribution in [-0.2, 0) is 16.1 Å². The predicted octanol–water partition coefficient (Wildman–Crippen LogP) is 2.11. The summed E-state index contributed by atoms with van der Waals surface area (Å²) in [6.45, 7) is 0.878. The van der Waals surface area contributed by atoms with Crippen molar-refractivity contribution in [2.45, 2.75) is 25.0 Å². The molecule has 5 heteroatoms. The molecule has 2 rings (SSSR count). The number of hydrogen-bond acceptors (Lipinski definition) is 4. The molecule has 0 spiro atoms. The van der Waals surface area contributed by atoms with E-state index in [1.165, 1.54) is 0 Å². The summed E-state index contributed by atoms with van der Waals surface area (Å²) in [5.41, 5.74) is 0.426. The van der Waals surface area contributed by atoms with Gasteiger partial charge in [0.05, 0.1) is 25.7 Å². The highest BCUT2D eigenvalue weighted by atomic mass is 32.2. The average molecular weight is 290 g/mol. The Morgan fingerprint density at radius 1 is 1.45 bits per heavy atom. The first-order valence-electron chi connectivity index (χ1n) is 6.66. The lowest BCUT2D eigenvalue weighted by Gasteiger charge is -2.21.